The number of nitriles is 2. The molecule has 0 fully saturated rings. The average molecular weight is 194 g/mol. The fourth-order valence-electron chi connectivity index (χ4n) is 0.854. The summed E-state index contributed by atoms with van der Waals surface area (Å²) in [7, 11) is 0. The molecule has 0 rings (SSSR count). The summed E-state index contributed by atoms with van der Waals surface area (Å²) in [5.74, 6) is -0.551. The van der Waals surface area contributed by atoms with E-state index in [0.29, 0.717) is 0 Å². The zero-order valence-corrected chi connectivity index (χ0v) is 8.70. The van der Waals surface area contributed by atoms with Gasteiger partial charge in [-0.15, -0.1) is 0 Å². The molecule has 0 aromatic heterocycles. The lowest BCUT2D eigenvalue weighted by atomic mass is 9.87. The normalized spacial score (nSPS) is 13.9. The highest BCUT2D eigenvalue weighted by molar-refractivity contribution is 5.79. The molecule has 0 saturated carbocycles. The van der Waals surface area contributed by atoms with Crippen molar-refractivity contribution in [2.75, 3.05) is 0 Å². The Labute approximate surface area is 84.1 Å². The molecule has 4 heteroatoms. The lowest BCUT2D eigenvalue weighted by Gasteiger charge is -2.19. The molecular weight excluding hydrogens is 180 g/mol. The average Bonchev–Trinajstić information content (AvgIpc) is 2.13. The summed E-state index contributed by atoms with van der Waals surface area (Å²) in [4.78, 5) is 11.5. The van der Waals surface area contributed by atoms with Crippen LogP contribution in [0.1, 0.15) is 33.6 Å². The number of hydrogen-bond donors (Lipinski definition) is 0. The predicted octanol–water partition coefficient (Wildman–Crippen LogP) is 1.77. The second-order valence-electron chi connectivity index (χ2n) is 3.56. The standard InChI is InChI=1S/C10H14N2O2/c1-8(2)14-9(13)10(3,7-12)5-4-6-11/h8H,4-5H2,1-3H3/t10-/m1/s1. The highest BCUT2D eigenvalue weighted by Crippen LogP contribution is 2.24. The summed E-state index contributed by atoms with van der Waals surface area (Å²) < 4.78 is 4.93. The van der Waals surface area contributed by atoms with Crippen molar-refractivity contribution in [1.82, 2.24) is 0 Å². The van der Waals surface area contributed by atoms with E-state index in [2.05, 4.69) is 0 Å². The zero-order chi connectivity index (χ0) is 11.2. The molecule has 1 atom stereocenters. The van der Waals surface area contributed by atoms with Crippen molar-refractivity contribution in [2.45, 2.75) is 39.7 Å². The molecule has 0 aliphatic rings. The van der Waals surface area contributed by atoms with E-state index in [1.54, 1.807) is 13.8 Å². The van der Waals surface area contributed by atoms with Gasteiger partial charge in [0.2, 0.25) is 0 Å². The molecule has 0 aromatic carbocycles. The number of hydrogen-bond acceptors (Lipinski definition) is 4. The first-order chi connectivity index (χ1) is 6.46. The summed E-state index contributed by atoms with van der Waals surface area (Å²) in [5, 5.41) is 17.2. The Balaban J connectivity index is 4.47. The summed E-state index contributed by atoms with van der Waals surface area (Å²) in [5.41, 5.74) is -1.19. The number of carbonyl (C=O) groups excluding carboxylic acids is 1. The Morgan fingerprint density at radius 2 is 2.07 bits per heavy atom. The molecule has 0 amide bonds. The van der Waals surface area contributed by atoms with Crippen molar-refractivity contribution in [1.29, 1.82) is 10.5 Å². The van der Waals surface area contributed by atoms with E-state index >= 15 is 0 Å². The summed E-state index contributed by atoms with van der Waals surface area (Å²) in [6.45, 7) is 4.94. The third-order valence-corrected chi connectivity index (χ3v) is 1.78. The minimum absolute atomic E-state index is 0.178. The van der Waals surface area contributed by atoms with Gasteiger partial charge in [-0.2, -0.15) is 10.5 Å². The molecule has 0 heterocycles. The summed E-state index contributed by atoms with van der Waals surface area (Å²) in [6.07, 6.45) is 0.153. The summed E-state index contributed by atoms with van der Waals surface area (Å²) in [6, 6.07) is 3.80. The molecule has 14 heavy (non-hydrogen) atoms. The predicted molar refractivity (Wildman–Crippen MR) is 49.8 cm³/mol. The Morgan fingerprint density at radius 1 is 1.50 bits per heavy atom. The maximum absolute atomic E-state index is 11.5. The highest BCUT2D eigenvalue weighted by Gasteiger charge is 2.35. The van der Waals surface area contributed by atoms with Crippen molar-refractivity contribution >= 4 is 5.97 Å². The second kappa shape index (κ2) is 5.24. The lowest BCUT2D eigenvalue weighted by Crippen LogP contribution is -2.30. The maximum atomic E-state index is 11.5. The van der Waals surface area contributed by atoms with Crippen LogP contribution in [0.5, 0.6) is 0 Å². The number of esters is 1. The maximum Gasteiger partial charge on any atom is 0.326 e. The van der Waals surface area contributed by atoms with E-state index < -0.39 is 11.4 Å². The van der Waals surface area contributed by atoms with Crippen LogP contribution in [0.15, 0.2) is 0 Å². The Bertz CT molecular complexity index is 285. The minimum Gasteiger partial charge on any atom is -0.462 e. The van der Waals surface area contributed by atoms with Crippen LogP contribution in [-0.2, 0) is 9.53 Å². The lowest BCUT2D eigenvalue weighted by molar-refractivity contribution is -0.155. The third-order valence-electron chi connectivity index (χ3n) is 1.78. The number of carbonyl (C=O) groups is 1. The van der Waals surface area contributed by atoms with Gasteiger partial charge in [-0.1, -0.05) is 0 Å². The smallest absolute Gasteiger partial charge is 0.326 e. The molecule has 0 aliphatic carbocycles. The molecule has 0 bridgehead atoms. The Morgan fingerprint density at radius 3 is 2.43 bits per heavy atom. The molecular formula is C10H14N2O2. The van der Waals surface area contributed by atoms with Gasteiger partial charge in [0.25, 0.3) is 0 Å². The molecule has 0 aliphatic heterocycles. The quantitative estimate of drug-likeness (QED) is 0.639. The van der Waals surface area contributed by atoms with Crippen molar-refractivity contribution < 1.29 is 9.53 Å². The van der Waals surface area contributed by atoms with E-state index in [9.17, 15) is 4.79 Å². The van der Waals surface area contributed by atoms with Crippen LogP contribution in [0.25, 0.3) is 0 Å². The molecule has 0 N–H and O–H groups in total. The van der Waals surface area contributed by atoms with Gasteiger partial charge in [-0.3, -0.25) is 4.79 Å². The first-order valence-electron chi connectivity index (χ1n) is 4.45. The van der Waals surface area contributed by atoms with E-state index in [4.69, 9.17) is 15.3 Å². The first-order valence-corrected chi connectivity index (χ1v) is 4.45. The van der Waals surface area contributed by atoms with E-state index in [0.717, 1.165) is 0 Å². The fourth-order valence-corrected chi connectivity index (χ4v) is 0.854. The van der Waals surface area contributed by atoms with Crippen LogP contribution in [0.4, 0.5) is 0 Å². The molecule has 4 nitrogen and oxygen atoms in total. The monoisotopic (exact) mass is 194 g/mol. The zero-order valence-electron chi connectivity index (χ0n) is 8.70. The van der Waals surface area contributed by atoms with Crippen molar-refractivity contribution in [3.8, 4) is 12.1 Å². The molecule has 0 radical (unpaired) electrons. The molecule has 0 aromatic rings. The van der Waals surface area contributed by atoms with E-state index in [1.807, 2.05) is 12.1 Å². The minimum atomic E-state index is -1.19. The highest BCUT2D eigenvalue weighted by atomic mass is 16.5. The van der Waals surface area contributed by atoms with E-state index in [1.165, 1.54) is 6.92 Å². The molecule has 0 unspecified atom stereocenters. The van der Waals surface area contributed by atoms with Crippen LogP contribution in [0.3, 0.4) is 0 Å². The Hall–Kier alpha value is -1.55. The van der Waals surface area contributed by atoms with Gasteiger partial charge in [0.1, 0.15) is 0 Å². The number of nitrogens with zero attached hydrogens (tertiary/aromatic N) is 2. The van der Waals surface area contributed by atoms with Gasteiger partial charge in [0.05, 0.1) is 18.2 Å². The second-order valence-corrected chi connectivity index (χ2v) is 3.56. The number of rotatable bonds is 4. The fraction of sp³-hybridized carbons (Fsp3) is 0.700. The van der Waals surface area contributed by atoms with Crippen LogP contribution >= 0.6 is 0 Å². The van der Waals surface area contributed by atoms with Gasteiger partial charge in [0.15, 0.2) is 5.41 Å². The van der Waals surface area contributed by atoms with Crippen LogP contribution < -0.4 is 0 Å². The van der Waals surface area contributed by atoms with Gasteiger partial charge >= 0.3 is 5.97 Å². The third kappa shape index (κ3) is 3.45. The topological polar surface area (TPSA) is 73.9 Å². The van der Waals surface area contributed by atoms with Gasteiger partial charge < -0.3 is 4.74 Å². The molecule has 0 saturated heterocycles. The number of ether oxygens (including phenoxy) is 1. The van der Waals surface area contributed by atoms with Gasteiger partial charge in [-0.05, 0) is 27.2 Å². The Kier molecular flexibility index (Phi) is 4.66. The van der Waals surface area contributed by atoms with Crippen molar-refractivity contribution in [3.05, 3.63) is 0 Å². The van der Waals surface area contributed by atoms with Crippen LogP contribution in [0, 0.1) is 28.1 Å². The van der Waals surface area contributed by atoms with Gasteiger partial charge in [-0.25, -0.2) is 0 Å². The largest absolute Gasteiger partial charge is 0.462 e. The van der Waals surface area contributed by atoms with Crippen LogP contribution in [-0.4, -0.2) is 12.1 Å². The van der Waals surface area contributed by atoms with Crippen LogP contribution in [0.2, 0.25) is 0 Å². The van der Waals surface area contributed by atoms with Crippen molar-refractivity contribution in [2.24, 2.45) is 5.41 Å². The molecule has 76 valence electrons. The summed E-state index contributed by atoms with van der Waals surface area (Å²) >= 11 is 0. The van der Waals surface area contributed by atoms with Crippen molar-refractivity contribution in [3.63, 3.8) is 0 Å². The van der Waals surface area contributed by atoms with Gasteiger partial charge in [0, 0.05) is 6.42 Å². The first kappa shape index (κ1) is 12.4. The SMILES string of the molecule is CC(C)OC(=O)[C@@](C)(C#N)CCC#N. The molecule has 0 spiro atoms. The van der Waals surface area contributed by atoms with E-state index in [-0.39, 0.29) is 18.9 Å².